The van der Waals surface area contributed by atoms with Gasteiger partial charge in [0.1, 0.15) is 6.04 Å². The summed E-state index contributed by atoms with van der Waals surface area (Å²) in [4.78, 5) is 0. The molecular weight excluding hydrogens is 279 g/mol. The molecule has 1 unspecified atom stereocenters. The van der Waals surface area contributed by atoms with Crippen molar-refractivity contribution in [3.8, 4) is 0 Å². The van der Waals surface area contributed by atoms with Gasteiger partial charge in [-0.25, -0.2) is 0 Å². The minimum absolute atomic E-state index is 0.0218. The first-order valence-electron chi connectivity index (χ1n) is 7.48. The maximum Gasteiger partial charge on any atom is 0.407 e. The molecule has 2 rings (SSSR count). The topological polar surface area (TPSA) is 32.3 Å². The number of hydrogen-bond donors (Lipinski definition) is 2. The smallest absolute Gasteiger partial charge is 0.389 e. The van der Waals surface area contributed by atoms with Crippen LogP contribution >= 0.6 is 0 Å². The molecule has 0 aromatic heterocycles. The quantitative estimate of drug-likeness (QED) is 0.825. The van der Waals surface area contributed by atoms with Gasteiger partial charge in [0.15, 0.2) is 0 Å². The van der Waals surface area contributed by atoms with Gasteiger partial charge in [0.2, 0.25) is 0 Å². The van der Waals surface area contributed by atoms with Crippen molar-refractivity contribution in [3.63, 3.8) is 0 Å². The maximum atomic E-state index is 13.2. The average Bonchev–Trinajstić information content (AvgIpc) is 2.64. The molecule has 1 saturated carbocycles. The Labute approximate surface area is 123 Å². The Kier molecular flexibility index (Phi) is 5.27. The second kappa shape index (κ2) is 6.79. The van der Waals surface area contributed by atoms with Gasteiger partial charge in [-0.15, -0.1) is 0 Å². The minimum atomic E-state index is -4.37. The van der Waals surface area contributed by atoms with E-state index in [4.69, 9.17) is 0 Å². The number of alkyl halides is 3. The third-order valence-corrected chi connectivity index (χ3v) is 4.13. The molecule has 2 nitrogen and oxygen atoms in total. The second-order valence-electron chi connectivity index (χ2n) is 5.90. The first-order chi connectivity index (χ1) is 9.91. The van der Waals surface area contributed by atoms with E-state index >= 15 is 0 Å². The molecule has 1 aliphatic rings. The molecule has 21 heavy (non-hydrogen) atoms. The van der Waals surface area contributed by atoms with Gasteiger partial charge in [-0.3, -0.25) is 5.32 Å². The van der Waals surface area contributed by atoms with E-state index in [-0.39, 0.29) is 12.1 Å². The number of rotatable bonds is 4. The molecule has 0 radical (unpaired) electrons. The Balaban J connectivity index is 2.06. The number of benzene rings is 1. The third kappa shape index (κ3) is 4.71. The Morgan fingerprint density at radius 2 is 1.62 bits per heavy atom. The molecular formula is C16H22F3NO. The van der Waals surface area contributed by atoms with Gasteiger partial charge in [0.25, 0.3) is 0 Å². The van der Waals surface area contributed by atoms with Crippen molar-refractivity contribution in [3.05, 3.63) is 35.9 Å². The van der Waals surface area contributed by atoms with Crippen LogP contribution in [0.5, 0.6) is 0 Å². The molecule has 1 aliphatic carbocycles. The van der Waals surface area contributed by atoms with Crippen LogP contribution in [0.15, 0.2) is 30.3 Å². The normalized spacial score (nSPS) is 20.8. The summed E-state index contributed by atoms with van der Waals surface area (Å²) in [6.45, 7) is -0.0218. The third-order valence-electron chi connectivity index (χ3n) is 4.13. The van der Waals surface area contributed by atoms with Crippen LogP contribution in [0.2, 0.25) is 0 Å². The highest BCUT2D eigenvalue weighted by Crippen LogP contribution is 2.34. The van der Waals surface area contributed by atoms with E-state index in [0.29, 0.717) is 12.8 Å². The first kappa shape index (κ1) is 16.3. The SMILES string of the molecule is OC1(CNC(c2ccccc2)C(F)(F)F)CCCCCC1. The summed E-state index contributed by atoms with van der Waals surface area (Å²) in [6.07, 6.45) is 0.606. The monoisotopic (exact) mass is 301 g/mol. The lowest BCUT2D eigenvalue weighted by Crippen LogP contribution is -2.45. The summed E-state index contributed by atoms with van der Waals surface area (Å²) >= 11 is 0. The van der Waals surface area contributed by atoms with E-state index in [1.807, 2.05) is 0 Å². The Hall–Kier alpha value is -1.07. The zero-order valence-electron chi connectivity index (χ0n) is 12.0. The van der Waals surface area contributed by atoms with Gasteiger partial charge in [-0.2, -0.15) is 13.2 Å². The van der Waals surface area contributed by atoms with Crippen LogP contribution in [-0.4, -0.2) is 23.4 Å². The lowest BCUT2D eigenvalue weighted by atomic mass is 9.93. The lowest BCUT2D eigenvalue weighted by Gasteiger charge is -2.30. The van der Waals surface area contributed by atoms with Gasteiger partial charge in [0, 0.05) is 6.54 Å². The fraction of sp³-hybridized carbons (Fsp3) is 0.625. The van der Waals surface area contributed by atoms with Gasteiger partial charge >= 0.3 is 6.18 Å². The zero-order valence-corrected chi connectivity index (χ0v) is 12.0. The molecule has 0 heterocycles. The summed E-state index contributed by atoms with van der Waals surface area (Å²) < 4.78 is 39.7. The fourth-order valence-corrected chi connectivity index (χ4v) is 2.92. The summed E-state index contributed by atoms with van der Waals surface area (Å²) in [5, 5.41) is 13.0. The summed E-state index contributed by atoms with van der Waals surface area (Å²) in [5.74, 6) is 0. The molecule has 0 spiro atoms. The van der Waals surface area contributed by atoms with E-state index in [1.165, 1.54) is 12.1 Å². The summed E-state index contributed by atoms with van der Waals surface area (Å²) in [5.41, 5.74) is -0.836. The molecule has 1 atom stereocenters. The molecule has 0 saturated heterocycles. The number of aliphatic hydroxyl groups is 1. The van der Waals surface area contributed by atoms with Gasteiger partial charge in [0.05, 0.1) is 5.60 Å². The van der Waals surface area contributed by atoms with E-state index in [0.717, 1.165) is 25.7 Å². The standard InChI is InChI=1S/C16H22F3NO/c17-16(18,19)14(13-8-4-3-5-9-13)20-12-15(21)10-6-1-2-7-11-15/h3-5,8-9,14,20-21H,1-2,6-7,10-12H2. The van der Waals surface area contributed by atoms with Crippen molar-refractivity contribution < 1.29 is 18.3 Å². The highest BCUT2D eigenvalue weighted by molar-refractivity contribution is 5.20. The van der Waals surface area contributed by atoms with Crippen LogP contribution in [0.1, 0.15) is 50.1 Å². The average molecular weight is 301 g/mol. The summed E-state index contributed by atoms with van der Waals surface area (Å²) in [6, 6.07) is 6.07. The molecule has 0 aliphatic heterocycles. The minimum Gasteiger partial charge on any atom is -0.389 e. The van der Waals surface area contributed by atoms with Crippen molar-refractivity contribution in [2.75, 3.05) is 6.54 Å². The molecule has 1 aromatic carbocycles. The zero-order chi connectivity index (χ0) is 15.3. The first-order valence-corrected chi connectivity index (χ1v) is 7.48. The predicted octanol–water partition coefficient (Wildman–Crippen LogP) is 3.96. The fourth-order valence-electron chi connectivity index (χ4n) is 2.92. The number of nitrogens with one attached hydrogen (secondary N) is 1. The largest absolute Gasteiger partial charge is 0.407 e. The molecule has 0 amide bonds. The number of halogens is 3. The van der Waals surface area contributed by atoms with Crippen molar-refractivity contribution in [2.45, 2.75) is 56.3 Å². The van der Waals surface area contributed by atoms with Gasteiger partial charge in [-0.1, -0.05) is 56.0 Å². The molecule has 1 aromatic rings. The Bertz CT molecular complexity index is 425. The number of hydrogen-bond acceptors (Lipinski definition) is 2. The second-order valence-corrected chi connectivity index (χ2v) is 5.90. The lowest BCUT2D eigenvalue weighted by molar-refractivity contribution is -0.160. The molecule has 2 N–H and O–H groups in total. The van der Waals surface area contributed by atoms with Crippen LogP contribution in [0.25, 0.3) is 0 Å². The van der Waals surface area contributed by atoms with Crippen molar-refractivity contribution in [2.24, 2.45) is 0 Å². The van der Waals surface area contributed by atoms with Crippen molar-refractivity contribution >= 4 is 0 Å². The summed E-state index contributed by atoms with van der Waals surface area (Å²) in [7, 11) is 0. The van der Waals surface area contributed by atoms with E-state index in [9.17, 15) is 18.3 Å². The van der Waals surface area contributed by atoms with Crippen LogP contribution in [0.3, 0.4) is 0 Å². The van der Waals surface area contributed by atoms with Gasteiger partial charge < -0.3 is 5.11 Å². The van der Waals surface area contributed by atoms with Gasteiger partial charge in [-0.05, 0) is 18.4 Å². The molecule has 1 fully saturated rings. The van der Waals surface area contributed by atoms with E-state index < -0.39 is 17.8 Å². The Morgan fingerprint density at radius 1 is 1.05 bits per heavy atom. The van der Waals surface area contributed by atoms with Crippen molar-refractivity contribution in [1.29, 1.82) is 0 Å². The predicted molar refractivity (Wildman–Crippen MR) is 75.9 cm³/mol. The van der Waals surface area contributed by atoms with E-state index in [2.05, 4.69) is 5.32 Å². The molecule has 0 bridgehead atoms. The van der Waals surface area contributed by atoms with Crippen LogP contribution in [0, 0.1) is 0 Å². The van der Waals surface area contributed by atoms with E-state index in [1.54, 1.807) is 18.2 Å². The van der Waals surface area contributed by atoms with Crippen LogP contribution in [-0.2, 0) is 0 Å². The molecule has 118 valence electrons. The van der Waals surface area contributed by atoms with Crippen LogP contribution in [0.4, 0.5) is 13.2 Å². The van der Waals surface area contributed by atoms with Crippen LogP contribution < -0.4 is 5.32 Å². The van der Waals surface area contributed by atoms with Crippen molar-refractivity contribution in [1.82, 2.24) is 5.32 Å². The molecule has 5 heteroatoms. The maximum absolute atomic E-state index is 13.2. The highest BCUT2D eigenvalue weighted by atomic mass is 19.4. The Morgan fingerprint density at radius 3 is 2.14 bits per heavy atom. The highest BCUT2D eigenvalue weighted by Gasteiger charge is 2.42.